The number of rotatable bonds is 1. The SMILES string of the molecule is Cc1cc(=O)cc([C@H]2CCCN2)[nH]1. The molecule has 1 atom stereocenters. The highest BCUT2D eigenvalue weighted by Crippen LogP contribution is 2.19. The molecule has 3 heteroatoms. The number of H-pyrrole nitrogens is 1. The Hall–Kier alpha value is -1.09. The summed E-state index contributed by atoms with van der Waals surface area (Å²) < 4.78 is 0. The first kappa shape index (κ1) is 8.51. The maximum Gasteiger partial charge on any atom is 0.182 e. The minimum Gasteiger partial charge on any atom is -0.361 e. The Balaban J connectivity index is 2.33. The summed E-state index contributed by atoms with van der Waals surface area (Å²) in [6, 6.07) is 3.67. The highest BCUT2D eigenvalue weighted by molar-refractivity contribution is 5.14. The standard InChI is InChI=1S/C10H14N2O/c1-7-5-8(13)6-10(12-7)9-3-2-4-11-9/h5-6,9,11H,2-4H2,1H3,(H,12,13)/t9-/m1/s1. The number of pyridine rings is 1. The zero-order valence-electron chi connectivity index (χ0n) is 7.76. The van der Waals surface area contributed by atoms with Crippen molar-refractivity contribution in [2.45, 2.75) is 25.8 Å². The van der Waals surface area contributed by atoms with Gasteiger partial charge in [0.15, 0.2) is 5.43 Å². The molecule has 0 amide bonds. The van der Waals surface area contributed by atoms with E-state index in [-0.39, 0.29) is 5.43 Å². The molecule has 0 aliphatic carbocycles. The molecule has 1 aromatic rings. The third kappa shape index (κ3) is 1.80. The van der Waals surface area contributed by atoms with Crippen molar-refractivity contribution in [1.29, 1.82) is 0 Å². The van der Waals surface area contributed by atoms with E-state index in [1.165, 1.54) is 6.42 Å². The molecule has 1 fully saturated rings. The van der Waals surface area contributed by atoms with Crippen molar-refractivity contribution >= 4 is 0 Å². The van der Waals surface area contributed by atoms with Gasteiger partial charge >= 0.3 is 0 Å². The summed E-state index contributed by atoms with van der Waals surface area (Å²) in [4.78, 5) is 14.4. The fourth-order valence-electron chi connectivity index (χ4n) is 1.85. The number of aryl methyl sites for hydroxylation is 1. The monoisotopic (exact) mass is 178 g/mol. The van der Waals surface area contributed by atoms with Gasteiger partial charge in [-0.1, -0.05) is 0 Å². The van der Waals surface area contributed by atoms with Gasteiger partial charge in [-0.25, -0.2) is 0 Å². The van der Waals surface area contributed by atoms with Gasteiger partial charge in [0.2, 0.25) is 0 Å². The van der Waals surface area contributed by atoms with Crippen LogP contribution in [0, 0.1) is 6.92 Å². The topological polar surface area (TPSA) is 44.9 Å². The molecule has 3 nitrogen and oxygen atoms in total. The van der Waals surface area contributed by atoms with E-state index in [9.17, 15) is 4.79 Å². The third-order valence-corrected chi connectivity index (χ3v) is 2.43. The fourth-order valence-corrected chi connectivity index (χ4v) is 1.85. The normalized spacial score (nSPS) is 22.1. The molecule has 0 unspecified atom stereocenters. The predicted molar refractivity (Wildman–Crippen MR) is 51.8 cm³/mol. The molecule has 0 spiro atoms. The van der Waals surface area contributed by atoms with Crippen LogP contribution in [-0.2, 0) is 0 Å². The van der Waals surface area contributed by atoms with Gasteiger partial charge in [0, 0.05) is 29.6 Å². The second-order valence-corrected chi connectivity index (χ2v) is 3.60. The van der Waals surface area contributed by atoms with E-state index < -0.39 is 0 Å². The zero-order valence-corrected chi connectivity index (χ0v) is 7.76. The number of hydrogen-bond acceptors (Lipinski definition) is 2. The van der Waals surface area contributed by atoms with Crippen molar-refractivity contribution in [3.8, 4) is 0 Å². The molecule has 1 aliphatic heterocycles. The molecular weight excluding hydrogens is 164 g/mol. The van der Waals surface area contributed by atoms with Crippen LogP contribution in [0.25, 0.3) is 0 Å². The molecule has 2 rings (SSSR count). The Morgan fingerprint density at radius 1 is 1.46 bits per heavy atom. The van der Waals surface area contributed by atoms with Crippen LogP contribution >= 0.6 is 0 Å². The van der Waals surface area contributed by atoms with Gasteiger partial charge in [-0.3, -0.25) is 4.79 Å². The van der Waals surface area contributed by atoms with E-state index in [0.717, 1.165) is 24.4 Å². The van der Waals surface area contributed by atoms with E-state index in [0.29, 0.717) is 6.04 Å². The summed E-state index contributed by atoms with van der Waals surface area (Å²) in [5.74, 6) is 0. The van der Waals surface area contributed by atoms with Gasteiger partial charge < -0.3 is 10.3 Å². The largest absolute Gasteiger partial charge is 0.361 e. The Labute approximate surface area is 77.2 Å². The highest BCUT2D eigenvalue weighted by atomic mass is 16.1. The first-order valence-electron chi connectivity index (χ1n) is 4.70. The highest BCUT2D eigenvalue weighted by Gasteiger charge is 2.16. The minimum absolute atomic E-state index is 0.0972. The van der Waals surface area contributed by atoms with Crippen molar-refractivity contribution in [3.05, 3.63) is 33.7 Å². The van der Waals surface area contributed by atoms with Crippen molar-refractivity contribution in [2.24, 2.45) is 0 Å². The summed E-state index contributed by atoms with van der Waals surface area (Å²) in [6.07, 6.45) is 2.32. The molecule has 1 aromatic heterocycles. The fraction of sp³-hybridized carbons (Fsp3) is 0.500. The van der Waals surface area contributed by atoms with E-state index >= 15 is 0 Å². The molecule has 1 aliphatic rings. The second-order valence-electron chi connectivity index (χ2n) is 3.60. The summed E-state index contributed by atoms with van der Waals surface area (Å²) in [7, 11) is 0. The van der Waals surface area contributed by atoms with E-state index in [4.69, 9.17) is 0 Å². The Morgan fingerprint density at radius 2 is 2.31 bits per heavy atom. The lowest BCUT2D eigenvalue weighted by molar-refractivity contribution is 0.625. The van der Waals surface area contributed by atoms with Gasteiger partial charge in [-0.05, 0) is 26.3 Å². The van der Waals surface area contributed by atoms with Crippen LogP contribution in [0.1, 0.15) is 30.3 Å². The number of aromatic nitrogens is 1. The zero-order chi connectivity index (χ0) is 9.26. The van der Waals surface area contributed by atoms with Crippen LogP contribution in [0.2, 0.25) is 0 Å². The maximum atomic E-state index is 11.2. The van der Waals surface area contributed by atoms with E-state index in [1.807, 2.05) is 6.92 Å². The molecule has 0 radical (unpaired) electrons. The molecule has 2 N–H and O–H groups in total. The van der Waals surface area contributed by atoms with Crippen molar-refractivity contribution in [2.75, 3.05) is 6.54 Å². The average Bonchev–Trinajstić information content (AvgIpc) is 2.53. The van der Waals surface area contributed by atoms with E-state index in [1.54, 1.807) is 12.1 Å². The lowest BCUT2D eigenvalue weighted by Gasteiger charge is -2.10. The quantitative estimate of drug-likeness (QED) is 0.676. The van der Waals surface area contributed by atoms with Crippen molar-refractivity contribution in [1.82, 2.24) is 10.3 Å². The van der Waals surface area contributed by atoms with Crippen LogP contribution in [0.5, 0.6) is 0 Å². The Morgan fingerprint density at radius 3 is 2.92 bits per heavy atom. The average molecular weight is 178 g/mol. The van der Waals surface area contributed by atoms with Gasteiger partial charge in [-0.2, -0.15) is 0 Å². The molecule has 0 bridgehead atoms. The second kappa shape index (κ2) is 3.34. The van der Waals surface area contributed by atoms with Crippen LogP contribution in [0.15, 0.2) is 16.9 Å². The van der Waals surface area contributed by atoms with Crippen LogP contribution in [-0.4, -0.2) is 11.5 Å². The number of nitrogens with one attached hydrogen (secondary N) is 2. The summed E-state index contributed by atoms with van der Waals surface area (Å²) in [6.45, 7) is 2.97. The molecule has 2 heterocycles. The van der Waals surface area contributed by atoms with Gasteiger partial charge in [0.1, 0.15) is 0 Å². The lowest BCUT2D eigenvalue weighted by atomic mass is 10.1. The molecular formula is C10H14N2O. The van der Waals surface area contributed by atoms with Gasteiger partial charge in [0.25, 0.3) is 0 Å². The number of aromatic amines is 1. The molecule has 0 aromatic carbocycles. The Kier molecular flexibility index (Phi) is 2.19. The van der Waals surface area contributed by atoms with Gasteiger partial charge in [-0.15, -0.1) is 0 Å². The maximum absolute atomic E-state index is 11.2. The van der Waals surface area contributed by atoms with Crippen LogP contribution in [0.4, 0.5) is 0 Å². The number of hydrogen-bond donors (Lipinski definition) is 2. The smallest absolute Gasteiger partial charge is 0.182 e. The minimum atomic E-state index is 0.0972. The van der Waals surface area contributed by atoms with Crippen molar-refractivity contribution in [3.63, 3.8) is 0 Å². The summed E-state index contributed by atoms with van der Waals surface area (Å²) in [5, 5.41) is 3.36. The van der Waals surface area contributed by atoms with Crippen molar-refractivity contribution < 1.29 is 0 Å². The molecule has 70 valence electrons. The first-order chi connectivity index (χ1) is 6.25. The first-order valence-corrected chi connectivity index (χ1v) is 4.70. The lowest BCUT2D eigenvalue weighted by Crippen LogP contribution is -2.17. The van der Waals surface area contributed by atoms with E-state index in [2.05, 4.69) is 10.3 Å². The summed E-state index contributed by atoms with van der Waals surface area (Å²) >= 11 is 0. The predicted octanol–water partition coefficient (Wildman–Crippen LogP) is 1.11. The Bertz CT molecular complexity index is 350. The summed E-state index contributed by atoms with van der Waals surface area (Å²) in [5.41, 5.74) is 2.07. The van der Waals surface area contributed by atoms with Crippen LogP contribution in [0.3, 0.4) is 0 Å². The van der Waals surface area contributed by atoms with Gasteiger partial charge in [0.05, 0.1) is 0 Å². The molecule has 13 heavy (non-hydrogen) atoms. The molecule has 1 saturated heterocycles. The van der Waals surface area contributed by atoms with Crippen LogP contribution < -0.4 is 10.7 Å². The third-order valence-electron chi connectivity index (χ3n) is 2.43. The molecule has 0 saturated carbocycles.